The predicted octanol–water partition coefficient (Wildman–Crippen LogP) is 3.80. The maximum absolute atomic E-state index is 13.1. The van der Waals surface area contributed by atoms with E-state index in [4.69, 9.17) is 5.26 Å². The summed E-state index contributed by atoms with van der Waals surface area (Å²) in [5.41, 5.74) is 0.875. The number of anilines is 1. The number of benzene rings is 2. The van der Waals surface area contributed by atoms with Crippen LogP contribution in [-0.2, 0) is 4.79 Å². The Morgan fingerprint density at radius 1 is 1.25 bits per heavy atom. The molecule has 1 atom stereocenters. The van der Waals surface area contributed by atoms with Crippen LogP contribution in [0.2, 0.25) is 0 Å². The number of phenolic OH excluding ortho intramolecular Hbond substituents is 1. The van der Waals surface area contributed by atoms with Gasteiger partial charge in [0.15, 0.2) is 0 Å². The number of amides is 1. The number of guanidine groups is 1. The van der Waals surface area contributed by atoms with Crippen LogP contribution in [0, 0.1) is 11.3 Å². The lowest BCUT2D eigenvalue weighted by Crippen LogP contribution is -2.36. The van der Waals surface area contributed by atoms with Crippen LogP contribution < -0.4 is 4.90 Å². The Morgan fingerprint density at radius 3 is 2.68 bits per heavy atom. The zero-order chi connectivity index (χ0) is 20.1. The first-order valence-electron chi connectivity index (χ1n) is 8.29. The Balaban J connectivity index is 1.90. The number of aromatic hydroxyl groups is 1. The molecule has 4 rings (SSSR count). The summed E-state index contributed by atoms with van der Waals surface area (Å²) in [4.78, 5) is 18.8. The summed E-state index contributed by atoms with van der Waals surface area (Å²) in [5.74, 6) is -0.466. The number of nitrogens with zero attached hydrogens (tertiary/aromatic N) is 4. The van der Waals surface area contributed by atoms with Crippen LogP contribution in [0.25, 0.3) is 0 Å². The van der Waals surface area contributed by atoms with Gasteiger partial charge in [0.25, 0.3) is 5.91 Å². The number of carbonyl (C=O) groups excluding carboxylic acids is 1. The van der Waals surface area contributed by atoms with E-state index in [9.17, 15) is 19.0 Å². The van der Waals surface area contributed by atoms with Crippen molar-refractivity contribution in [2.45, 2.75) is 12.5 Å². The molecule has 8 nitrogen and oxygen atoms in total. The average molecular weight is 463 g/mol. The van der Waals surface area contributed by atoms with Gasteiger partial charge in [0, 0.05) is 4.47 Å². The molecule has 2 aromatic rings. The summed E-state index contributed by atoms with van der Waals surface area (Å²) in [7, 11) is -3.21. The van der Waals surface area contributed by atoms with E-state index in [0.29, 0.717) is 16.6 Å². The largest absolute Gasteiger partial charge is 0.506 e. The normalized spacial score (nSPS) is 23.0. The maximum atomic E-state index is 13.1. The van der Waals surface area contributed by atoms with Crippen LogP contribution in [0.4, 0.5) is 11.4 Å². The van der Waals surface area contributed by atoms with E-state index in [2.05, 4.69) is 20.9 Å². The SMILES string of the molecule is N#Cc1ccc(/N=C2/N(c3ccccc3Br)C(=O)C3CCS(O)(O)N23)c(O)c1. The van der Waals surface area contributed by atoms with Crippen molar-refractivity contribution in [1.82, 2.24) is 4.31 Å². The number of rotatable bonds is 2. The molecule has 2 aromatic carbocycles. The fraction of sp³-hybridized carbons (Fsp3) is 0.167. The van der Waals surface area contributed by atoms with Gasteiger partial charge in [-0.05, 0) is 52.7 Å². The number of carbonyl (C=O) groups is 1. The predicted molar refractivity (Wildman–Crippen MR) is 110 cm³/mol. The van der Waals surface area contributed by atoms with Crippen molar-refractivity contribution >= 4 is 49.9 Å². The number of phenols is 1. The van der Waals surface area contributed by atoms with Crippen molar-refractivity contribution in [3.8, 4) is 11.8 Å². The summed E-state index contributed by atoms with van der Waals surface area (Å²) in [6.45, 7) is 0. The lowest BCUT2D eigenvalue weighted by Gasteiger charge is -2.37. The van der Waals surface area contributed by atoms with Crippen LogP contribution in [0.5, 0.6) is 5.75 Å². The molecule has 2 saturated heterocycles. The second-order valence-electron chi connectivity index (χ2n) is 6.32. The van der Waals surface area contributed by atoms with Crippen molar-refractivity contribution in [3.05, 3.63) is 52.5 Å². The molecule has 2 fully saturated rings. The van der Waals surface area contributed by atoms with Gasteiger partial charge in [-0.3, -0.25) is 13.9 Å². The molecule has 28 heavy (non-hydrogen) atoms. The smallest absolute Gasteiger partial charge is 0.258 e. The molecular weight excluding hydrogens is 448 g/mol. The van der Waals surface area contributed by atoms with Crippen LogP contribution in [0.1, 0.15) is 12.0 Å². The molecule has 3 N–H and O–H groups in total. The Kier molecular flexibility index (Phi) is 4.55. The molecule has 2 aliphatic rings. The summed E-state index contributed by atoms with van der Waals surface area (Å²) in [6.07, 6.45) is 0.292. The van der Waals surface area contributed by atoms with E-state index in [-0.39, 0.29) is 34.6 Å². The van der Waals surface area contributed by atoms with E-state index in [1.165, 1.54) is 27.4 Å². The second-order valence-corrected chi connectivity index (χ2v) is 9.24. The van der Waals surface area contributed by atoms with Gasteiger partial charge in [-0.2, -0.15) is 5.26 Å². The van der Waals surface area contributed by atoms with Crippen molar-refractivity contribution in [3.63, 3.8) is 0 Å². The Hall–Kier alpha value is -2.58. The minimum absolute atomic E-state index is 0.0272. The second kappa shape index (κ2) is 6.79. The molecular formula is C18H15BrN4O4S. The average Bonchev–Trinajstić information content (AvgIpc) is 3.13. The molecule has 1 unspecified atom stereocenters. The summed E-state index contributed by atoms with van der Waals surface area (Å²) < 4.78 is 22.9. The number of nitriles is 1. The quantitative estimate of drug-likeness (QED) is 0.623. The highest BCUT2D eigenvalue weighted by Crippen LogP contribution is 2.55. The Bertz CT molecular complexity index is 1050. The van der Waals surface area contributed by atoms with Crippen LogP contribution >= 0.6 is 26.7 Å². The van der Waals surface area contributed by atoms with E-state index >= 15 is 0 Å². The molecule has 0 aliphatic carbocycles. The van der Waals surface area contributed by atoms with Crippen LogP contribution in [0.3, 0.4) is 0 Å². The molecule has 0 radical (unpaired) electrons. The summed E-state index contributed by atoms with van der Waals surface area (Å²) in [5, 5.41) is 19.2. The van der Waals surface area contributed by atoms with Crippen molar-refractivity contribution in [2.75, 3.05) is 10.7 Å². The molecule has 0 saturated carbocycles. The number of fused-ring (bicyclic) bond motifs is 1. The first kappa shape index (κ1) is 18.8. The van der Waals surface area contributed by atoms with Gasteiger partial charge in [0.2, 0.25) is 5.96 Å². The number of hydrogen-bond donors (Lipinski definition) is 3. The van der Waals surface area contributed by atoms with Crippen molar-refractivity contribution in [1.29, 1.82) is 5.26 Å². The van der Waals surface area contributed by atoms with Crippen LogP contribution in [0.15, 0.2) is 51.9 Å². The summed E-state index contributed by atoms with van der Waals surface area (Å²) in [6, 6.07) is 12.4. The number of para-hydroxylation sites is 1. The van der Waals surface area contributed by atoms with E-state index in [1.807, 2.05) is 6.07 Å². The van der Waals surface area contributed by atoms with Gasteiger partial charge >= 0.3 is 0 Å². The van der Waals surface area contributed by atoms with Gasteiger partial charge in [-0.25, -0.2) is 14.2 Å². The molecule has 1 amide bonds. The third-order valence-electron chi connectivity index (χ3n) is 4.58. The number of aliphatic imine (C=N–C) groups is 1. The van der Waals surface area contributed by atoms with Gasteiger partial charge < -0.3 is 5.11 Å². The topological polar surface area (TPSA) is 120 Å². The third-order valence-corrected chi connectivity index (χ3v) is 7.09. The fourth-order valence-electron chi connectivity index (χ4n) is 3.28. The first-order valence-corrected chi connectivity index (χ1v) is 10.8. The molecule has 2 aliphatic heterocycles. The highest BCUT2D eigenvalue weighted by atomic mass is 79.9. The highest BCUT2D eigenvalue weighted by molar-refractivity contribution is 9.10. The summed E-state index contributed by atoms with van der Waals surface area (Å²) >= 11 is 3.42. The molecule has 2 heterocycles. The number of halogens is 1. The van der Waals surface area contributed by atoms with Gasteiger partial charge in [0.1, 0.15) is 17.5 Å². The Morgan fingerprint density at radius 2 is 2.00 bits per heavy atom. The zero-order valence-corrected chi connectivity index (χ0v) is 16.8. The highest BCUT2D eigenvalue weighted by Gasteiger charge is 2.54. The molecule has 0 spiro atoms. The molecule has 0 aromatic heterocycles. The minimum atomic E-state index is -3.21. The minimum Gasteiger partial charge on any atom is -0.506 e. The van der Waals surface area contributed by atoms with Crippen molar-refractivity contribution in [2.24, 2.45) is 4.99 Å². The standard InChI is InChI=1S/C18H15BrN4O4S/c19-12-3-1-2-4-14(12)22-17(25)15-7-8-28(26,27)23(15)18(22)21-13-6-5-11(10-20)9-16(13)24/h1-6,9,15,24,26-27H,7-8H2/b21-18-. The van der Waals surface area contributed by atoms with E-state index < -0.39 is 16.8 Å². The lowest BCUT2D eigenvalue weighted by molar-refractivity contribution is -0.118. The molecule has 144 valence electrons. The van der Waals surface area contributed by atoms with Gasteiger partial charge in [0.05, 0.1) is 23.1 Å². The lowest BCUT2D eigenvalue weighted by atomic mass is 10.2. The Labute approximate surface area is 170 Å². The van der Waals surface area contributed by atoms with E-state index in [1.54, 1.807) is 24.3 Å². The number of hydrogen-bond acceptors (Lipinski definition) is 6. The first-order chi connectivity index (χ1) is 13.3. The molecule has 0 bridgehead atoms. The van der Waals surface area contributed by atoms with Crippen molar-refractivity contribution < 1.29 is 19.0 Å². The fourth-order valence-corrected chi connectivity index (χ4v) is 5.47. The van der Waals surface area contributed by atoms with E-state index in [0.717, 1.165) is 0 Å². The monoisotopic (exact) mass is 462 g/mol. The van der Waals surface area contributed by atoms with Gasteiger partial charge in [-0.15, -0.1) is 10.8 Å². The third kappa shape index (κ3) is 2.93. The molecule has 10 heteroatoms. The maximum Gasteiger partial charge on any atom is 0.258 e. The van der Waals surface area contributed by atoms with Gasteiger partial charge in [-0.1, -0.05) is 12.1 Å². The van der Waals surface area contributed by atoms with Crippen LogP contribution in [-0.4, -0.2) is 42.2 Å². The zero-order valence-electron chi connectivity index (χ0n) is 14.4.